The van der Waals surface area contributed by atoms with Crippen LogP contribution in [0.1, 0.15) is 28.4 Å². The number of aliphatic imine (C=N–C) groups is 1. The van der Waals surface area contributed by atoms with E-state index in [1.165, 1.54) is 16.8 Å². The van der Waals surface area contributed by atoms with Crippen LogP contribution < -0.4 is 9.47 Å². The predicted octanol–water partition coefficient (Wildman–Crippen LogP) is 4.37. The van der Waals surface area contributed by atoms with Gasteiger partial charge >= 0.3 is 5.97 Å². The molecule has 0 saturated carbocycles. The molecule has 0 saturated heterocycles. The van der Waals surface area contributed by atoms with E-state index in [1.54, 1.807) is 67.0 Å². The number of ether oxygens (including phenoxy) is 2. The smallest absolute Gasteiger partial charge is 0.343 e. The van der Waals surface area contributed by atoms with Gasteiger partial charge in [-0.05, 0) is 66.7 Å². The van der Waals surface area contributed by atoms with Crippen LogP contribution in [0.15, 0.2) is 88.7 Å². The Labute approximate surface area is 210 Å². The molecule has 1 amide bonds. The minimum absolute atomic E-state index is 0.0759. The molecule has 178 valence electrons. The van der Waals surface area contributed by atoms with Gasteiger partial charge in [0.15, 0.2) is 17.3 Å². The van der Waals surface area contributed by atoms with Crippen LogP contribution in [0.25, 0.3) is 6.08 Å². The minimum Gasteiger partial charge on any atom is -0.490 e. The van der Waals surface area contributed by atoms with Gasteiger partial charge in [-0.25, -0.2) is 4.79 Å². The molecule has 0 fully saturated rings. The highest BCUT2D eigenvalue weighted by Gasteiger charge is 2.36. The third-order valence-electron chi connectivity index (χ3n) is 5.15. The number of amidine groups is 2. The Morgan fingerprint density at radius 1 is 1.11 bits per heavy atom. The molecule has 9 nitrogen and oxygen atoms in total. The fraction of sp³-hybridized carbons (Fsp3) is 0.0769. The highest BCUT2D eigenvalue weighted by Crippen LogP contribution is 2.33. The Morgan fingerprint density at radius 2 is 1.94 bits per heavy atom. The maximum atomic E-state index is 12.8. The topological polar surface area (TPSA) is 117 Å². The molecule has 1 aromatic heterocycles. The minimum atomic E-state index is -0.543. The summed E-state index contributed by atoms with van der Waals surface area (Å²) >= 11 is 1.21. The maximum Gasteiger partial charge on any atom is 0.343 e. The number of nitrogens with zero attached hydrogens (tertiary/aromatic N) is 4. The number of rotatable bonds is 6. The van der Waals surface area contributed by atoms with Crippen LogP contribution in [-0.4, -0.2) is 44.5 Å². The number of benzene rings is 2. The van der Waals surface area contributed by atoms with E-state index >= 15 is 0 Å². The lowest BCUT2D eigenvalue weighted by Crippen LogP contribution is -2.35. The van der Waals surface area contributed by atoms with Gasteiger partial charge in [-0.3, -0.25) is 15.2 Å². The van der Waals surface area contributed by atoms with Gasteiger partial charge in [-0.15, -0.1) is 0 Å². The first-order valence-corrected chi connectivity index (χ1v) is 11.8. The first-order chi connectivity index (χ1) is 17.5. The lowest BCUT2D eigenvalue weighted by Gasteiger charge is -2.20. The van der Waals surface area contributed by atoms with Gasteiger partial charge in [0.1, 0.15) is 5.04 Å². The number of nitrogens with one attached hydrogen (secondary N) is 1. The summed E-state index contributed by atoms with van der Waals surface area (Å²) < 4.78 is 11.2. The molecule has 5 rings (SSSR count). The Hall–Kier alpha value is -4.57. The molecule has 3 aromatic rings. The fourth-order valence-corrected chi connectivity index (χ4v) is 4.35. The third kappa shape index (κ3) is 4.66. The number of hydrazone groups is 1. The molecule has 36 heavy (non-hydrogen) atoms. The van der Waals surface area contributed by atoms with Crippen molar-refractivity contribution in [2.75, 3.05) is 6.61 Å². The largest absolute Gasteiger partial charge is 0.490 e. The van der Waals surface area contributed by atoms with Crippen molar-refractivity contribution >= 4 is 45.8 Å². The molecule has 0 atom stereocenters. The van der Waals surface area contributed by atoms with E-state index in [1.807, 2.05) is 19.1 Å². The van der Waals surface area contributed by atoms with Gasteiger partial charge in [-0.1, -0.05) is 24.3 Å². The Kier molecular flexibility index (Phi) is 6.42. The summed E-state index contributed by atoms with van der Waals surface area (Å²) in [5.41, 5.74) is 1.84. The number of hydrogen-bond donors (Lipinski definition) is 1. The van der Waals surface area contributed by atoms with Crippen LogP contribution in [0.4, 0.5) is 0 Å². The zero-order valence-electron chi connectivity index (χ0n) is 19.0. The summed E-state index contributed by atoms with van der Waals surface area (Å²) in [6.07, 6.45) is 4.86. The average molecular weight is 498 g/mol. The van der Waals surface area contributed by atoms with E-state index in [4.69, 9.17) is 14.9 Å². The Morgan fingerprint density at radius 3 is 2.69 bits per heavy atom. The summed E-state index contributed by atoms with van der Waals surface area (Å²) in [6, 6.07) is 17.2. The number of carbonyl (C=O) groups excluding carboxylic acids is 2. The fourth-order valence-electron chi connectivity index (χ4n) is 3.46. The van der Waals surface area contributed by atoms with Gasteiger partial charge in [0, 0.05) is 18.0 Å². The Balaban J connectivity index is 1.42. The maximum absolute atomic E-state index is 12.8. The Bertz CT molecular complexity index is 1450. The summed E-state index contributed by atoms with van der Waals surface area (Å²) in [4.78, 5) is 33.5. The van der Waals surface area contributed by atoms with Crippen LogP contribution >= 0.6 is 11.8 Å². The average Bonchev–Trinajstić information content (AvgIpc) is 3.33. The summed E-state index contributed by atoms with van der Waals surface area (Å²) in [6.45, 7) is 2.16. The first kappa shape index (κ1) is 23.2. The molecule has 0 aliphatic carbocycles. The predicted molar refractivity (Wildman–Crippen MR) is 137 cm³/mol. The van der Waals surface area contributed by atoms with Gasteiger partial charge in [0.05, 0.1) is 17.7 Å². The molecule has 2 aliphatic heterocycles. The highest BCUT2D eigenvalue weighted by atomic mass is 32.2. The molecule has 0 spiro atoms. The molecule has 10 heteroatoms. The van der Waals surface area contributed by atoms with Gasteiger partial charge < -0.3 is 9.47 Å². The van der Waals surface area contributed by atoms with Crippen molar-refractivity contribution in [1.82, 2.24) is 9.99 Å². The molecule has 0 bridgehead atoms. The highest BCUT2D eigenvalue weighted by molar-refractivity contribution is 8.27. The quantitative estimate of drug-likeness (QED) is 0.305. The molecule has 1 N–H and O–H groups in total. The standard InChI is InChI=1S/C26H19N5O4S/c1-2-34-21-14-16(10-11-20(21)35-25(33)17-7-4-3-5-8-17)13-19-22(27)31-26(29-23(19)32)36-24(30-31)18-9-6-12-28-15-18/h3-15,27H,2H2,1H3/b19-13-,27-22?. The molecule has 3 heterocycles. The number of fused-ring (bicyclic) bond motifs is 1. The molecular formula is C26H19N5O4S. The number of aromatic nitrogens is 1. The number of hydrogen-bond acceptors (Lipinski definition) is 8. The van der Waals surface area contributed by atoms with E-state index in [0.717, 1.165) is 5.56 Å². The lowest BCUT2D eigenvalue weighted by molar-refractivity contribution is -0.114. The SMILES string of the molecule is CCOc1cc(/C=C2/C(=N)N3N=C(c4cccnc4)SC3=NC2=O)ccc1OC(=O)c1ccccc1. The van der Waals surface area contributed by atoms with E-state index in [0.29, 0.717) is 33.7 Å². The van der Waals surface area contributed by atoms with Gasteiger partial charge in [-0.2, -0.15) is 15.1 Å². The first-order valence-electron chi connectivity index (χ1n) is 11.0. The number of thioether (sulfide) groups is 1. The van der Waals surface area contributed by atoms with Crippen LogP contribution in [0.3, 0.4) is 0 Å². The van der Waals surface area contributed by atoms with E-state index in [-0.39, 0.29) is 17.2 Å². The van der Waals surface area contributed by atoms with Crippen molar-refractivity contribution < 1.29 is 19.1 Å². The van der Waals surface area contributed by atoms with Crippen LogP contribution in [0.5, 0.6) is 11.5 Å². The number of esters is 1. The van der Waals surface area contributed by atoms with Crippen molar-refractivity contribution in [3.8, 4) is 11.5 Å². The summed E-state index contributed by atoms with van der Waals surface area (Å²) in [5.74, 6) is -0.556. The van der Waals surface area contributed by atoms with Gasteiger partial charge in [0.2, 0.25) is 5.17 Å². The number of carbonyl (C=O) groups is 2. The second-order valence-corrected chi connectivity index (χ2v) is 8.52. The second kappa shape index (κ2) is 9.96. The van der Waals surface area contributed by atoms with Crippen molar-refractivity contribution in [1.29, 1.82) is 5.41 Å². The lowest BCUT2D eigenvalue weighted by atomic mass is 10.1. The second-order valence-electron chi connectivity index (χ2n) is 7.56. The van der Waals surface area contributed by atoms with Crippen molar-refractivity contribution in [2.45, 2.75) is 6.92 Å². The molecule has 0 unspecified atom stereocenters. The molecule has 0 radical (unpaired) electrons. The van der Waals surface area contributed by atoms with Crippen LogP contribution in [-0.2, 0) is 4.79 Å². The van der Waals surface area contributed by atoms with Crippen LogP contribution in [0.2, 0.25) is 0 Å². The van der Waals surface area contributed by atoms with E-state index in [2.05, 4.69) is 15.1 Å². The summed E-state index contributed by atoms with van der Waals surface area (Å²) in [5, 5.41) is 15.3. The zero-order valence-corrected chi connectivity index (χ0v) is 19.9. The summed E-state index contributed by atoms with van der Waals surface area (Å²) in [7, 11) is 0. The van der Waals surface area contributed by atoms with Gasteiger partial charge in [0.25, 0.3) is 5.91 Å². The number of pyridine rings is 1. The third-order valence-corrected chi connectivity index (χ3v) is 6.11. The van der Waals surface area contributed by atoms with E-state index < -0.39 is 11.9 Å². The van der Waals surface area contributed by atoms with Crippen molar-refractivity contribution in [2.24, 2.45) is 10.1 Å². The monoisotopic (exact) mass is 497 g/mol. The van der Waals surface area contributed by atoms with Crippen molar-refractivity contribution in [3.05, 3.63) is 95.3 Å². The zero-order chi connectivity index (χ0) is 25.1. The normalized spacial score (nSPS) is 15.9. The van der Waals surface area contributed by atoms with E-state index in [9.17, 15) is 9.59 Å². The molecule has 2 aliphatic rings. The van der Waals surface area contributed by atoms with Crippen molar-refractivity contribution in [3.63, 3.8) is 0 Å². The number of amides is 1. The molecule has 2 aromatic carbocycles. The molecular weight excluding hydrogens is 478 g/mol. The van der Waals surface area contributed by atoms with Crippen LogP contribution in [0, 0.1) is 5.41 Å².